The van der Waals surface area contributed by atoms with Crippen LogP contribution in [-0.4, -0.2) is 17.1 Å². The summed E-state index contributed by atoms with van der Waals surface area (Å²) in [6.45, 7) is 0. The highest BCUT2D eigenvalue weighted by atomic mass is 19.1. The molecule has 0 unspecified atom stereocenters. The molecule has 0 aromatic heterocycles. The van der Waals surface area contributed by atoms with E-state index in [1.165, 1.54) is 30.3 Å². The zero-order valence-corrected chi connectivity index (χ0v) is 10.6. The van der Waals surface area contributed by atoms with Crippen molar-refractivity contribution in [1.82, 2.24) is 0 Å². The Hall–Kier alpha value is -2.96. The lowest BCUT2D eigenvalue weighted by Gasteiger charge is -2.08. The first-order valence-electron chi connectivity index (χ1n) is 5.82. The van der Waals surface area contributed by atoms with Gasteiger partial charge < -0.3 is 15.7 Å². The molecular formula is C14H10F2N2O3. The lowest BCUT2D eigenvalue weighted by molar-refractivity contribution is 0.0692. The number of carboxylic acid groups (broad SMARTS) is 1. The summed E-state index contributed by atoms with van der Waals surface area (Å²) in [4.78, 5) is 22.5. The van der Waals surface area contributed by atoms with Gasteiger partial charge in [-0.05, 0) is 42.5 Å². The SMILES string of the molecule is O=C(Nc1ccc(F)cc1)Nc1ccc(F)c(C(=O)O)c1. The molecule has 0 saturated carbocycles. The van der Waals surface area contributed by atoms with Gasteiger partial charge in [0, 0.05) is 11.4 Å². The first-order chi connectivity index (χ1) is 9.95. The molecule has 5 nitrogen and oxygen atoms in total. The number of nitrogens with one attached hydrogen (secondary N) is 2. The van der Waals surface area contributed by atoms with Crippen LogP contribution < -0.4 is 10.6 Å². The van der Waals surface area contributed by atoms with Crippen LogP contribution in [-0.2, 0) is 0 Å². The van der Waals surface area contributed by atoms with Crippen molar-refractivity contribution >= 4 is 23.4 Å². The quantitative estimate of drug-likeness (QED) is 0.812. The second kappa shape index (κ2) is 6.00. The molecule has 0 heterocycles. The number of carbonyl (C=O) groups is 2. The first kappa shape index (κ1) is 14.4. The second-order valence-corrected chi connectivity index (χ2v) is 4.09. The Kier molecular flexibility index (Phi) is 4.13. The summed E-state index contributed by atoms with van der Waals surface area (Å²) in [5, 5.41) is 13.6. The van der Waals surface area contributed by atoms with E-state index in [1.54, 1.807) is 0 Å². The van der Waals surface area contributed by atoms with E-state index in [2.05, 4.69) is 10.6 Å². The monoisotopic (exact) mass is 292 g/mol. The zero-order chi connectivity index (χ0) is 15.4. The molecule has 0 aliphatic carbocycles. The van der Waals surface area contributed by atoms with Gasteiger partial charge >= 0.3 is 12.0 Å². The van der Waals surface area contributed by atoms with E-state index in [0.717, 1.165) is 12.1 Å². The molecule has 0 aliphatic rings. The van der Waals surface area contributed by atoms with Gasteiger partial charge in [0.15, 0.2) is 0 Å². The van der Waals surface area contributed by atoms with Crippen molar-refractivity contribution in [2.75, 3.05) is 10.6 Å². The molecule has 2 amide bonds. The lowest BCUT2D eigenvalue weighted by Crippen LogP contribution is -2.19. The van der Waals surface area contributed by atoms with Crippen LogP contribution in [0, 0.1) is 11.6 Å². The van der Waals surface area contributed by atoms with Crippen molar-refractivity contribution in [1.29, 1.82) is 0 Å². The predicted molar refractivity (Wildman–Crippen MR) is 72.4 cm³/mol. The van der Waals surface area contributed by atoms with Crippen LogP contribution >= 0.6 is 0 Å². The minimum absolute atomic E-state index is 0.119. The third kappa shape index (κ3) is 3.75. The first-order valence-corrected chi connectivity index (χ1v) is 5.82. The van der Waals surface area contributed by atoms with Crippen molar-refractivity contribution in [3.8, 4) is 0 Å². The average molecular weight is 292 g/mol. The number of anilines is 2. The maximum absolute atomic E-state index is 13.2. The number of carbonyl (C=O) groups excluding carboxylic acids is 1. The molecule has 108 valence electrons. The molecule has 3 N–H and O–H groups in total. The maximum atomic E-state index is 13.2. The van der Waals surface area contributed by atoms with Gasteiger partial charge in [0.25, 0.3) is 0 Å². The van der Waals surface area contributed by atoms with Gasteiger partial charge in [-0.1, -0.05) is 0 Å². The molecule has 0 fully saturated rings. The fourth-order valence-corrected chi connectivity index (χ4v) is 1.59. The highest BCUT2D eigenvalue weighted by molar-refractivity contribution is 6.00. The molecular weight excluding hydrogens is 282 g/mol. The van der Waals surface area contributed by atoms with Gasteiger partial charge in [0.2, 0.25) is 0 Å². The van der Waals surface area contributed by atoms with Crippen LogP contribution in [0.1, 0.15) is 10.4 Å². The molecule has 2 aromatic carbocycles. The smallest absolute Gasteiger partial charge is 0.338 e. The van der Waals surface area contributed by atoms with Crippen molar-refractivity contribution in [3.63, 3.8) is 0 Å². The summed E-state index contributed by atoms with van der Waals surface area (Å²) in [5.74, 6) is -2.77. The number of carboxylic acids is 1. The van der Waals surface area contributed by atoms with Crippen molar-refractivity contribution in [2.24, 2.45) is 0 Å². The minimum atomic E-state index is -1.44. The van der Waals surface area contributed by atoms with E-state index < -0.39 is 29.2 Å². The van der Waals surface area contributed by atoms with Crippen LogP contribution in [0.2, 0.25) is 0 Å². The molecule has 21 heavy (non-hydrogen) atoms. The minimum Gasteiger partial charge on any atom is -0.478 e. The molecule has 0 radical (unpaired) electrons. The normalized spacial score (nSPS) is 10.0. The van der Waals surface area contributed by atoms with Crippen LogP contribution in [0.3, 0.4) is 0 Å². The molecule has 0 spiro atoms. The van der Waals surface area contributed by atoms with E-state index in [9.17, 15) is 18.4 Å². The summed E-state index contributed by atoms with van der Waals surface area (Å²) in [5.41, 5.74) is -0.0718. The number of rotatable bonds is 3. The third-order valence-corrected chi connectivity index (χ3v) is 2.56. The molecule has 0 saturated heterocycles. The van der Waals surface area contributed by atoms with Gasteiger partial charge in [-0.15, -0.1) is 0 Å². The maximum Gasteiger partial charge on any atom is 0.338 e. The van der Waals surface area contributed by atoms with E-state index in [0.29, 0.717) is 5.69 Å². The number of hydrogen-bond acceptors (Lipinski definition) is 2. The van der Waals surface area contributed by atoms with Crippen molar-refractivity contribution in [2.45, 2.75) is 0 Å². The number of amides is 2. The van der Waals surface area contributed by atoms with E-state index in [1.807, 2.05) is 0 Å². The lowest BCUT2D eigenvalue weighted by atomic mass is 10.2. The molecule has 0 atom stereocenters. The summed E-state index contributed by atoms with van der Waals surface area (Å²) >= 11 is 0. The van der Waals surface area contributed by atoms with Gasteiger partial charge in [0.05, 0.1) is 5.56 Å². The van der Waals surface area contributed by atoms with Crippen molar-refractivity contribution in [3.05, 3.63) is 59.7 Å². The third-order valence-electron chi connectivity index (χ3n) is 2.56. The number of urea groups is 1. The Morgan fingerprint density at radius 3 is 2.10 bits per heavy atom. The zero-order valence-electron chi connectivity index (χ0n) is 10.6. The number of aromatic carboxylic acids is 1. The van der Waals surface area contributed by atoms with E-state index >= 15 is 0 Å². The Labute approximate surface area is 118 Å². The molecule has 0 aliphatic heterocycles. The Bertz CT molecular complexity index is 687. The fraction of sp³-hybridized carbons (Fsp3) is 0. The molecule has 0 bridgehead atoms. The molecule has 2 aromatic rings. The van der Waals surface area contributed by atoms with Gasteiger partial charge in [-0.25, -0.2) is 18.4 Å². The summed E-state index contributed by atoms with van der Waals surface area (Å²) < 4.78 is 25.9. The highest BCUT2D eigenvalue weighted by Gasteiger charge is 2.12. The summed E-state index contributed by atoms with van der Waals surface area (Å²) in [6.07, 6.45) is 0. The van der Waals surface area contributed by atoms with E-state index in [4.69, 9.17) is 5.11 Å². The number of benzene rings is 2. The Balaban J connectivity index is 2.07. The summed E-state index contributed by atoms with van der Waals surface area (Å²) in [7, 11) is 0. The molecule has 7 heteroatoms. The largest absolute Gasteiger partial charge is 0.478 e. The Morgan fingerprint density at radius 2 is 1.48 bits per heavy atom. The standard InChI is InChI=1S/C14H10F2N2O3/c15-8-1-3-9(4-2-8)17-14(21)18-10-5-6-12(16)11(7-10)13(19)20/h1-7H,(H,19,20)(H2,17,18,21). The van der Waals surface area contributed by atoms with Crippen molar-refractivity contribution < 1.29 is 23.5 Å². The number of hydrogen-bond donors (Lipinski definition) is 3. The molecule has 2 rings (SSSR count). The Morgan fingerprint density at radius 1 is 0.905 bits per heavy atom. The van der Waals surface area contributed by atoms with Crippen LogP contribution in [0.4, 0.5) is 25.0 Å². The van der Waals surface area contributed by atoms with Gasteiger partial charge in [-0.2, -0.15) is 0 Å². The van der Waals surface area contributed by atoms with Crippen LogP contribution in [0.15, 0.2) is 42.5 Å². The van der Waals surface area contributed by atoms with Gasteiger partial charge in [0.1, 0.15) is 11.6 Å². The number of halogens is 2. The van der Waals surface area contributed by atoms with Crippen LogP contribution in [0.5, 0.6) is 0 Å². The topological polar surface area (TPSA) is 78.4 Å². The fourth-order valence-electron chi connectivity index (χ4n) is 1.59. The van der Waals surface area contributed by atoms with Crippen LogP contribution in [0.25, 0.3) is 0 Å². The van der Waals surface area contributed by atoms with Gasteiger partial charge in [-0.3, -0.25) is 0 Å². The summed E-state index contributed by atoms with van der Waals surface area (Å²) in [6, 6.07) is 7.59. The predicted octanol–water partition coefficient (Wildman–Crippen LogP) is 3.31. The second-order valence-electron chi connectivity index (χ2n) is 4.09. The average Bonchev–Trinajstić information content (AvgIpc) is 2.43. The van der Waals surface area contributed by atoms with E-state index in [-0.39, 0.29) is 5.69 Å². The highest BCUT2D eigenvalue weighted by Crippen LogP contribution is 2.15.